The zero-order chi connectivity index (χ0) is 11.0. The number of rotatable bonds is 2. The summed E-state index contributed by atoms with van der Waals surface area (Å²) in [6.07, 6.45) is 2.15. The molecule has 3 heteroatoms. The first-order valence-electron chi connectivity index (χ1n) is 5.63. The Labute approximate surface area is 95.1 Å². The van der Waals surface area contributed by atoms with E-state index in [-0.39, 0.29) is 0 Å². The Morgan fingerprint density at radius 1 is 1.25 bits per heavy atom. The van der Waals surface area contributed by atoms with Crippen LogP contribution in [0.3, 0.4) is 0 Å². The molecule has 0 atom stereocenters. The van der Waals surface area contributed by atoms with Gasteiger partial charge in [-0.3, -0.25) is 4.68 Å². The predicted octanol–water partition coefficient (Wildman–Crippen LogP) is 1.84. The molecule has 1 aromatic heterocycles. The average molecular weight is 213 g/mol. The highest BCUT2D eigenvalue weighted by Gasteiger charge is 2.13. The van der Waals surface area contributed by atoms with E-state index in [4.69, 9.17) is 0 Å². The van der Waals surface area contributed by atoms with Gasteiger partial charge >= 0.3 is 0 Å². The molecule has 16 heavy (non-hydrogen) atoms. The molecule has 0 spiro atoms. The number of hydrogen-bond acceptors (Lipinski definition) is 2. The molecular weight excluding hydrogens is 198 g/mol. The summed E-state index contributed by atoms with van der Waals surface area (Å²) in [6.45, 7) is 4.85. The van der Waals surface area contributed by atoms with Crippen LogP contribution in [0.2, 0.25) is 0 Å². The predicted molar refractivity (Wildman–Crippen MR) is 63.1 cm³/mol. The lowest BCUT2D eigenvalue weighted by Gasteiger charge is -2.03. The van der Waals surface area contributed by atoms with Gasteiger partial charge in [-0.2, -0.15) is 5.10 Å². The zero-order valence-corrected chi connectivity index (χ0v) is 9.40. The van der Waals surface area contributed by atoms with E-state index in [0.717, 1.165) is 19.6 Å². The fourth-order valence-electron chi connectivity index (χ4n) is 2.08. The molecule has 0 fully saturated rings. The number of benzene rings is 1. The van der Waals surface area contributed by atoms with Crippen molar-refractivity contribution < 1.29 is 0 Å². The summed E-state index contributed by atoms with van der Waals surface area (Å²) in [5.41, 5.74) is 5.15. The van der Waals surface area contributed by atoms with Crippen LogP contribution in [0.4, 0.5) is 0 Å². The fraction of sp³-hybridized carbons (Fsp3) is 0.308. The van der Waals surface area contributed by atoms with Crippen molar-refractivity contribution in [1.29, 1.82) is 0 Å². The van der Waals surface area contributed by atoms with E-state index >= 15 is 0 Å². The Hall–Kier alpha value is -1.61. The van der Waals surface area contributed by atoms with Crippen LogP contribution in [0.15, 0.2) is 30.5 Å². The molecule has 0 amide bonds. The van der Waals surface area contributed by atoms with Gasteiger partial charge in [-0.25, -0.2) is 0 Å². The highest BCUT2D eigenvalue weighted by Crippen LogP contribution is 2.14. The minimum Gasteiger partial charge on any atom is -0.307 e. The van der Waals surface area contributed by atoms with Crippen LogP contribution in [0, 0.1) is 6.92 Å². The van der Waals surface area contributed by atoms with E-state index in [0.29, 0.717) is 0 Å². The lowest BCUT2D eigenvalue weighted by molar-refractivity contribution is 0.645. The van der Waals surface area contributed by atoms with Gasteiger partial charge in [0.15, 0.2) is 0 Å². The summed E-state index contributed by atoms with van der Waals surface area (Å²) in [5.74, 6) is 0. The van der Waals surface area contributed by atoms with Gasteiger partial charge < -0.3 is 5.32 Å². The van der Waals surface area contributed by atoms with Gasteiger partial charge in [-0.05, 0) is 12.5 Å². The highest BCUT2D eigenvalue weighted by atomic mass is 15.3. The van der Waals surface area contributed by atoms with Gasteiger partial charge in [0, 0.05) is 24.8 Å². The normalized spacial score (nSPS) is 14.1. The Balaban J connectivity index is 1.81. The number of nitrogens with zero attached hydrogens (tertiary/aromatic N) is 2. The molecular formula is C13H15N3. The molecule has 0 radical (unpaired) electrons. The molecule has 0 saturated carbocycles. The molecule has 0 unspecified atom stereocenters. The Kier molecular flexibility index (Phi) is 2.26. The molecule has 3 nitrogen and oxygen atoms in total. The van der Waals surface area contributed by atoms with Gasteiger partial charge in [0.2, 0.25) is 0 Å². The van der Waals surface area contributed by atoms with Crippen molar-refractivity contribution >= 4 is 0 Å². The molecule has 0 aliphatic carbocycles. The van der Waals surface area contributed by atoms with Crippen LogP contribution in [0.25, 0.3) is 0 Å². The average Bonchev–Trinajstić information content (AvgIpc) is 2.81. The maximum absolute atomic E-state index is 4.56. The summed E-state index contributed by atoms with van der Waals surface area (Å²) < 4.78 is 2.04. The van der Waals surface area contributed by atoms with Crippen molar-refractivity contribution in [2.75, 3.05) is 0 Å². The maximum Gasteiger partial charge on any atom is 0.0807 e. The second-order valence-electron chi connectivity index (χ2n) is 4.39. The largest absolute Gasteiger partial charge is 0.307 e. The second kappa shape index (κ2) is 3.76. The first-order valence-corrected chi connectivity index (χ1v) is 5.63. The van der Waals surface area contributed by atoms with Crippen LogP contribution in [-0.4, -0.2) is 9.78 Å². The fourth-order valence-corrected chi connectivity index (χ4v) is 2.08. The first kappa shape index (κ1) is 9.60. The van der Waals surface area contributed by atoms with Crippen molar-refractivity contribution in [2.24, 2.45) is 0 Å². The van der Waals surface area contributed by atoms with Gasteiger partial charge in [0.05, 0.1) is 12.2 Å². The zero-order valence-electron chi connectivity index (χ0n) is 9.40. The monoisotopic (exact) mass is 213 g/mol. The molecule has 82 valence electrons. The first-order chi connectivity index (χ1) is 7.81. The van der Waals surface area contributed by atoms with Gasteiger partial charge in [0.1, 0.15) is 0 Å². The quantitative estimate of drug-likeness (QED) is 0.825. The summed E-state index contributed by atoms with van der Waals surface area (Å²) in [4.78, 5) is 0. The third kappa shape index (κ3) is 1.74. The van der Waals surface area contributed by atoms with Gasteiger partial charge in [-0.15, -0.1) is 0 Å². The van der Waals surface area contributed by atoms with E-state index in [2.05, 4.69) is 47.8 Å². The smallest absolute Gasteiger partial charge is 0.0807 e. The summed E-state index contributed by atoms with van der Waals surface area (Å²) in [6, 6.07) is 8.63. The van der Waals surface area contributed by atoms with Crippen LogP contribution in [0.5, 0.6) is 0 Å². The Bertz CT molecular complexity index is 475. The summed E-state index contributed by atoms with van der Waals surface area (Å²) in [7, 11) is 0. The van der Waals surface area contributed by atoms with Crippen molar-refractivity contribution in [2.45, 2.75) is 26.6 Å². The molecule has 0 bridgehead atoms. The van der Waals surface area contributed by atoms with Crippen LogP contribution >= 0.6 is 0 Å². The van der Waals surface area contributed by atoms with Crippen LogP contribution in [0.1, 0.15) is 22.4 Å². The van der Waals surface area contributed by atoms with Crippen LogP contribution in [-0.2, 0) is 19.6 Å². The minimum absolute atomic E-state index is 0.868. The molecule has 3 rings (SSSR count). The van der Waals surface area contributed by atoms with E-state index in [1.807, 2.05) is 4.68 Å². The maximum atomic E-state index is 4.56. The van der Waals surface area contributed by atoms with Gasteiger partial charge in [0.25, 0.3) is 0 Å². The van der Waals surface area contributed by atoms with Crippen molar-refractivity contribution in [3.05, 3.63) is 52.8 Å². The number of hydrogen-bond donors (Lipinski definition) is 1. The molecule has 1 aliphatic rings. The molecule has 1 aromatic carbocycles. The van der Waals surface area contributed by atoms with E-state index in [1.54, 1.807) is 0 Å². The summed E-state index contributed by atoms with van der Waals surface area (Å²) in [5, 5.41) is 7.85. The minimum atomic E-state index is 0.868. The number of aromatic nitrogens is 2. The topological polar surface area (TPSA) is 29.9 Å². The molecule has 1 aliphatic heterocycles. The van der Waals surface area contributed by atoms with Crippen molar-refractivity contribution in [3.63, 3.8) is 0 Å². The number of nitrogens with one attached hydrogen (secondary N) is 1. The number of aryl methyl sites for hydroxylation is 1. The molecule has 1 N–H and O–H groups in total. The molecule has 2 heterocycles. The van der Waals surface area contributed by atoms with E-state index < -0.39 is 0 Å². The highest BCUT2D eigenvalue weighted by molar-refractivity contribution is 5.24. The van der Waals surface area contributed by atoms with Crippen molar-refractivity contribution in [3.8, 4) is 0 Å². The Morgan fingerprint density at radius 2 is 2.06 bits per heavy atom. The van der Waals surface area contributed by atoms with Gasteiger partial charge in [-0.1, -0.05) is 29.8 Å². The van der Waals surface area contributed by atoms with Crippen LogP contribution < -0.4 is 5.32 Å². The summed E-state index contributed by atoms with van der Waals surface area (Å²) >= 11 is 0. The third-order valence-corrected chi connectivity index (χ3v) is 3.00. The molecule has 2 aromatic rings. The lowest BCUT2D eigenvalue weighted by atomic mass is 10.1. The Morgan fingerprint density at radius 3 is 2.81 bits per heavy atom. The van der Waals surface area contributed by atoms with Crippen molar-refractivity contribution in [1.82, 2.24) is 15.1 Å². The number of fused-ring (bicyclic) bond motifs is 1. The lowest BCUT2D eigenvalue weighted by Crippen LogP contribution is -2.06. The third-order valence-electron chi connectivity index (χ3n) is 3.00. The molecule has 0 saturated heterocycles. The van der Waals surface area contributed by atoms with E-state index in [9.17, 15) is 0 Å². The SMILES string of the molecule is Cc1ccc(Cn2cc3c(n2)CNC3)cc1. The van der Waals surface area contributed by atoms with E-state index in [1.165, 1.54) is 22.4 Å². The standard InChI is InChI=1S/C13H15N3/c1-10-2-4-11(5-3-10)8-16-9-12-6-14-7-13(12)15-16/h2-5,9,14H,6-8H2,1H3. The second-order valence-corrected chi connectivity index (χ2v) is 4.39.